The Bertz CT molecular complexity index is 674. The van der Waals surface area contributed by atoms with Gasteiger partial charge in [0.25, 0.3) is 5.91 Å². The lowest BCUT2D eigenvalue weighted by atomic mass is 10.0. The van der Waals surface area contributed by atoms with Crippen LogP contribution in [-0.2, 0) is 9.59 Å². The van der Waals surface area contributed by atoms with Crippen molar-refractivity contribution >= 4 is 23.5 Å². The van der Waals surface area contributed by atoms with Crippen molar-refractivity contribution < 1.29 is 23.9 Å². The molecule has 1 aliphatic heterocycles. The Labute approximate surface area is 146 Å². The number of carbonyl (C=O) groups is 3. The number of imide groups is 1. The number of hydrogen-bond acceptors (Lipinski definition) is 5. The van der Waals surface area contributed by atoms with E-state index in [0.29, 0.717) is 23.6 Å². The van der Waals surface area contributed by atoms with Crippen molar-refractivity contribution in [3.63, 3.8) is 0 Å². The predicted molar refractivity (Wildman–Crippen MR) is 91.7 cm³/mol. The SMILES string of the molecule is COc1ccc(NC(=O)CN2C(=O)N[C@H](CC(C)C)C2=O)c(OC)c1. The van der Waals surface area contributed by atoms with Crippen LogP contribution >= 0.6 is 0 Å². The fraction of sp³-hybridized carbons (Fsp3) is 0.471. The molecule has 2 N–H and O–H groups in total. The van der Waals surface area contributed by atoms with Crippen molar-refractivity contribution in [3.8, 4) is 11.5 Å². The minimum absolute atomic E-state index is 0.256. The van der Waals surface area contributed by atoms with Crippen LogP contribution in [0.3, 0.4) is 0 Å². The van der Waals surface area contributed by atoms with Crippen molar-refractivity contribution in [2.75, 3.05) is 26.1 Å². The Morgan fingerprint density at radius 1 is 1.28 bits per heavy atom. The summed E-state index contributed by atoms with van der Waals surface area (Å²) < 4.78 is 10.3. The standard InChI is InChI=1S/C17H23N3O5/c1-10(2)7-13-16(22)20(17(23)19-13)9-15(21)18-12-6-5-11(24-3)8-14(12)25-4/h5-6,8,10,13H,7,9H2,1-4H3,(H,18,21)(H,19,23)/t13-/m1/s1. The Hall–Kier alpha value is -2.77. The van der Waals surface area contributed by atoms with Gasteiger partial charge in [0, 0.05) is 6.07 Å². The molecule has 0 aromatic heterocycles. The number of nitrogens with zero attached hydrogens (tertiary/aromatic N) is 1. The van der Waals surface area contributed by atoms with Gasteiger partial charge in [-0.2, -0.15) is 0 Å². The molecule has 0 spiro atoms. The zero-order valence-corrected chi connectivity index (χ0v) is 14.8. The average molecular weight is 349 g/mol. The molecular formula is C17H23N3O5. The van der Waals surface area contributed by atoms with Gasteiger partial charge in [-0.3, -0.25) is 14.5 Å². The molecule has 4 amide bonds. The number of urea groups is 1. The van der Waals surface area contributed by atoms with E-state index in [1.54, 1.807) is 18.2 Å². The molecule has 1 aromatic rings. The molecular weight excluding hydrogens is 326 g/mol. The number of benzene rings is 1. The van der Waals surface area contributed by atoms with Gasteiger partial charge in [0.2, 0.25) is 5.91 Å². The second kappa shape index (κ2) is 7.87. The molecule has 8 heteroatoms. The maximum atomic E-state index is 12.3. The molecule has 1 atom stereocenters. The summed E-state index contributed by atoms with van der Waals surface area (Å²) in [4.78, 5) is 37.4. The molecule has 1 heterocycles. The second-order valence-corrected chi connectivity index (χ2v) is 6.17. The highest BCUT2D eigenvalue weighted by Gasteiger charge is 2.39. The van der Waals surface area contributed by atoms with Crippen LogP contribution in [0.2, 0.25) is 0 Å². The van der Waals surface area contributed by atoms with Crippen molar-refractivity contribution in [2.24, 2.45) is 5.92 Å². The minimum Gasteiger partial charge on any atom is -0.497 e. The van der Waals surface area contributed by atoms with E-state index in [1.165, 1.54) is 14.2 Å². The number of hydrogen-bond donors (Lipinski definition) is 2. The van der Waals surface area contributed by atoms with Crippen LogP contribution < -0.4 is 20.1 Å². The van der Waals surface area contributed by atoms with E-state index in [9.17, 15) is 14.4 Å². The van der Waals surface area contributed by atoms with Crippen molar-refractivity contribution in [1.82, 2.24) is 10.2 Å². The normalized spacial score (nSPS) is 16.8. The highest BCUT2D eigenvalue weighted by Crippen LogP contribution is 2.29. The summed E-state index contributed by atoms with van der Waals surface area (Å²) in [5.41, 5.74) is 0.430. The largest absolute Gasteiger partial charge is 0.497 e. The summed E-state index contributed by atoms with van der Waals surface area (Å²) in [7, 11) is 3.00. The van der Waals surface area contributed by atoms with Crippen LogP contribution in [0.25, 0.3) is 0 Å². The van der Waals surface area contributed by atoms with Crippen molar-refractivity contribution in [3.05, 3.63) is 18.2 Å². The number of carbonyl (C=O) groups excluding carboxylic acids is 3. The first kappa shape index (κ1) is 18.6. The minimum atomic E-state index is -0.573. The van der Waals surface area contributed by atoms with E-state index in [2.05, 4.69) is 10.6 Å². The monoisotopic (exact) mass is 349 g/mol. The first-order valence-corrected chi connectivity index (χ1v) is 7.99. The summed E-state index contributed by atoms with van der Waals surface area (Å²) in [6, 6.07) is 3.80. The van der Waals surface area contributed by atoms with Gasteiger partial charge in [-0.05, 0) is 24.5 Å². The maximum Gasteiger partial charge on any atom is 0.325 e. The Morgan fingerprint density at radius 2 is 2.00 bits per heavy atom. The highest BCUT2D eigenvalue weighted by molar-refractivity contribution is 6.08. The molecule has 0 radical (unpaired) electrons. The van der Waals surface area contributed by atoms with Gasteiger partial charge in [-0.25, -0.2) is 4.79 Å². The molecule has 1 fully saturated rings. The van der Waals surface area contributed by atoms with Crippen LogP contribution in [0.15, 0.2) is 18.2 Å². The molecule has 0 unspecified atom stereocenters. The summed E-state index contributed by atoms with van der Waals surface area (Å²) in [5, 5.41) is 5.25. The third-order valence-electron chi connectivity index (χ3n) is 3.80. The first-order valence-electron chi connectivity index (χ1n) is 7.99. The molecule has 0 bridgehead atoms. The van der Waals surface area contributed by atoms with Crippen LogP contribution in [-0.4, -0.2) is 49.6 Å². The quantitative estimate of drug-likeness (QED) is 0.729. The van der Waals surface area contributed by atoms with Crippen LogP contribution in [0.5, 0.6) is 11.5 Å². The molecule has 25 heavy (non-hydrogen) atoms. The fourth-order valence-corrected chi connectivity index (χ4v) is 2.59. The molecule has 8 nitrogen and oxygen atoms in total. The third kappa shape index (κ3) is 4.40. The Kier molecular flexibility index (Phi) is 5.84. The topological polar surface area (TPSA) is 97.0 Å². The molecule has 0 saturated carbocycles. The Balaban J connectivity index is 2.03. The zero-order valence-electron chi connectivity index (χ0n) is 14.8. The number of rotatable bonds is 7. The van der Waals surface area contributed by atoms with Crippen LogP contribution in [0.4, 0.5) is 10.5 Å². The van der Waals surface area contributed by atoms with Gasteiger partial charge >= 0.3 is 6.03 Å². The lowest BCUT2D eigenvalue weighted by molar-refractivity contribution is -0.131. The summed E-state index contributed by atoms with van der Waals surface area (Å²) >= 11 is 0. The molecule has 136 valence electrons. The fourth-order valence-electron chi connectivity index (χ4n) is 2.59. The lowest BCUT2D eigenvalue weighted by Crippen LogP contribution is -2.38. The zero-order chi connectivity index (χ0) is 18.6. The number of amides is 4. The van der Waals surface area contributed by atoms with Gasteiger partial charge < -0.3 is 20.1 Å². The van der Waals surface area contributed by atoms with Crippen LogP contribution in [0, 0.1) is 5.92 Å². The maximum absolute atomic E-state index is 12.3. The molecule has 1 saturated heterocycles. The molecule has 2 rings (SSSR count). The van der Waals surface area contributed by atoms with Gasteiger partial charge in [0.1, 0.15) is 24.1 Å². The van der Waals surface area contributed by atoms with E-state index >= 15 is 0 Å². The van der Waals surface area contributed by atoms with Gasteiger partial charge in [-0.15, -0.1) is 0 Å². The highest BCUT2D eigenvalue weighted by atomic mass is 16.5. The van der Waals surface area contributed by atoms with Crippen molar-refractivity contribution in [1.29, 1.82) is 0 Å². The summed E-state index contributed by atoms with van der Waals surface area (Å²) in [6.07, 6.45) is 0.537. The summed E-state index contributed by atoms with van der Waals surface area (Å²) in [6.45, 7) is 3.57. The smallest absolute Gasteiger partial charge is 0.325 e. The van der Waals surface area contributed by atoms with E-state index in [0.717, 1.165) is 4.90 Å². The predicted octanol–water partition coefficient (Wildman–Crippen LogP) is 1.61. The third-order valence-corrected chi connectivity index (χ3v) is 3.80. The summed E-state index contributed by atoms with van der Waals surface area (Å²) in [5.74, 6) is 0.391. The van der Waals surface area contributed by atoms with E-state index in [-0.39, 0.29) is 18.4 Å². The molecule has 1 aliphatic rings. The number of nitrogens with one attached hydrogen (secondary N) is 2. The second-order valence-electron chi connectivity index (χ2n) is 6.17. The molecule has 0 aliphatic carbocycles. The van der Waals surface area contributed by atoms with Crippen LogP contribution in [0.1, 0.15) is 20.3 Å². The number of ether oxygens (including phenoxy) is 2. The van der Waals surface area contributed by atoms with Gasteiger partial charge in [0.15, 0.2) is 0 Å². The van der Waals surface area contributed by atoms with E-state index in [1.807, 2.05) is 13.8 Å². The Morgan fingerprint density at radius 3 is 2.60 bits per heavy atom. The average Bonchev–Trinajstić information content (AvgIpc) is 2.82. The first-order chi connectivity index (χ1) is 11.8. The van der Waals surface area contributed by atoms with Gasteiger partial charge in [-0.1, -0.05) is 13.8 Å². The van der Waals surface area contributed by atoms with Gasteiger partial charge in [0.05, 0.1) is 19.9 Å². The lowest BCUT2D eigenvalue weighted by Gasteiger charge is -2.15. The number of methoxy groups -OCH3 is 2. The van der Waals surface area contributed by atoms with E-state index in [4.69, 9.17) is 9.47 Å². The number of anilines is 1. The molecule has 1 aromatic carbocycles. The van der Waals surface area contributed by atoms with E-state index < -0.39 is 18.0 Å². The van der Waals surface area contributed by atoms with Crippen molar-refractivity contribution in [2.45, 2.75) is 26.3 Å².